The number of nitrogens with zero attached hydrogens (tertiary/aromatic N) is 5. The zero-order valence-electron chi connectivity index (χ0n) is 19.2. The molecule has 7 nitrogen and oxygen atoms in total. The van der Waals surface area contributed by atoms with Crippen molar-refractivity contribution in [3.05, 3.63) is 89.2 Å². The highest BCUT2D eigenvalue weighted by Gasteiger charge is 2.19. The van der Waals surface area contributed by atoms with Crippen LogP contribution in [0.2, 0.25) is 0 Å². The molecule has 0 bridgehead atoms. The van der Waals surface area contributed by atoms with Crippen LogP contribution in [0.4, 0.5) is 5.69 Å². The van der Waals surface area contributed by atoms with Gasteiger partial charge in [0.25, 0.3) is 0 Å². The van der Waals surface area contributed by atoms with Crippen LogP contribution in [0.25, 0.3) is 38.6 Å². The zero-order valence-corrected chi connectivity index (χ0v) is 20.1. The molecule has 0 saturated carbocycles. The molecule has 5 aromatic rings. The predicted octanol–water partition coefficient (Wildman–Crippen LogP) is 5.05. The third-order valence-corrected chi connectivity index (χ3v) is 6.77. The molecule has 0 aliphatic carbocycles. The van der Waals surface area contributed by atoms with Gasteiger partial charge in [-0.1, -0.05) is 26.0 Å². The second-order valence-corrected chi connectivity index (χ2v) is 9.39. The largest absolute Gasteiger partial charge is 0.358 e. The Hall–Kier alpha value is -4.17. The average molecular weight is 478 g/mol. The lowest BCUT2D eigenvalue weighted by molar-refractivity contribution is 0.791. The summed E-state index contributed by atoms with van der Waals surface area (Å²) in [5.74, 6) is 0.698. The first-order valence-corrected chi connectivity index (χ1v) is 12.5. The summed E-state index contributed by atoms with van der Waals surface area (Å²) in [7, 11) is 0. The first-order chi connectivity index (χ1) is 17.2. The van der Waals surface area contributed by atoms with E-state index in [1.165, 1.54) is 0 Å². The number of allylic oxidation sites excluding steroid dienone is 1. The topological polar surface area (TPSA) is 91.7 Å². The van der Waals surface area contributed by atoms with Gasteiger partial charge >= 0.3 is 0 Å². The normalized spacial score (nSPS) is 12.2. The lowest BCUT2D eigenvalue weighted by atomic mass is 10.1. The molecule has 6 heterocycles. The van der Waals surface area contributed by atoms with E-state index in [2.05, 4.69) is 50.9 Å². The fourth-order valence-corrected chi connectivity index (χ4v) is 4.83. The standard InChI is InChI=1S/C27H23N7S/c1-3-4-6-16(2)30-18-13-17(14-28-15-18)19-8-9-20-24(31-19)26(32-20)27-33-21-10-11-29-25(23(21)34-27)22-7-5-12-35-22/h5,7-15,30H,2-4,6H2,1H3,(H,33,34). The first-order valence-electron chi connectivity index (χ1n) is 11.6. The number of aromatic amines is 1. The second-order valence-electron chi connectivity index (χ2n) is 8.44. The number of thiophene rings is 1. The first kappa shape index (κ1) is 21.4. The molecule has 0 saturated heterocycles. The molecular formula is C27H23N7S. The Morgan fingerprint density at radius 3 is 2.94 bits per heavy atom. The molecule has 0 amide bonds. The highest BCUT2D eigenvalue weighted by Crippen LogP contribution is 2.29. The number of aromatic nitrogens is 5. The molecule has 2 N–H and O–H groups in total. The van der Waals surface area contributed by atoms with Crippen LogP contribution in [-0.2, 0) is 0 Å². The van der Waals surface area contributed by atoms with Crippen LogP contribution in [0.5, 0.6) is 0 Å². The third-order valence-electron chi connectivity index (χ3n) is 5.90. The molecule has 0 fully saturated rings. The van der Waals surface area contributed by atoms with E-state index in [4.69, 9.17) is 9.97 Å². The number of unbranched alkanes of at least 4 members (excludes halogenated alkanes) is 1. The maximum atomic E-state index is 4.91. The van der Waals surface area contributed by atoms with Gasteiger partial charge in [0.15, 0.2) is 5.82 Å². The SMILES string of the molecule is C=C(CCCC)Nc1cncc(-c2ccc3c(n2)=C(c2nc4c(-c5cccs5)nccc4[nH]2)N=3)c1. The minimum Gasteiger partial charge on any atom is -0.358 e. The summed E-state index contributed by atoms with van der Waals surface area (Å²) in [6, 6.07) is 12.0. The summed E-state index contributed by atoms with van der Waals surface area (Å²) in [5, 5.41) is 7.10. The Kier molecular flexibility index (Phi) is 5.42. The Morgan fingerprint density at radius 1 is 1.14 bits per heavy atom. The van der Waals surface area contributed by atoms with Gasteiger partial charge in [0.1, 0.15) is 22.3 Å². The van der Waals surface area contributed by atoms with Crippen molar-refractivity contribution in [1.29, 1.82) is 0 Å². The maximum Gasteiger partial charge on any atom is 0.159 e. The summed E-state index contributed by atoms with van der Waals surface area (Å²) in [6.45, 7) is 6.30. The summed E-state index contributed by atoms with van der Waals surface area (Å²) in [5.41, 5.74) is 7.06. The van der Waals surface area contributed by atoms with Crippen molar-refractivity contribution in [3.8, 4) is 21.8 Å². The number of hydrogen-bond acceptors (Lipinski definition) is 7. The number of H-pyrrole nitrogens is 1. The second kappa shape index (κ2) is 8.88. The van der Waals surface area contributed by atoms with Gasteiger partial charge in [-0.25, -0.2) is 15.0 Å². The maximum absolute atomic E-state index is 4.91. The minimum absolute atomic E-state index is 0.698. The van der Waals surface area contributed by atoms with Crippen molar-refractivity contribution in [2.24, 2.45) is 4.99 Å². The van der Waals surface area contributed by atoms with Crippen LogP contribution < -0.4 is 16.0 Å². The Morgan fingerprint density at radius 2 is 2.09 bits per heavy atom. The molecule has 172 valence electrons. The molecule has 5 aromatic heterocycles. The van der Waals surface area contributed by atoms with Crippen molar-refractivity contribution < 1.29 is 0 Å². The molecule has 8 heteroatoms. The highest BCUT2D eigenvalue weighted by atomic mass is 32.1. The third kappa shape index (κ3) is 4.02. The van der Waals surface area contributed by atoms with Crippen LogP contribution in [0, 0.1) is 0 Å². The van der Waals surface area contributed by atoms with E-state index in [0.29, 0.717) is 5.82 Å². The predicted molar refractivity (Wildman–Crippen MR) is 140 cm³/mol. The molecule has 1 aliphatic heterocycles. The van der Waals surface area contributed by atoms with Crippen LogP contribution in [-0.4, -0.2) is 24.9 Å². The van der Waals surface area contributed by atoms with E-state index in [-0.39, 0.29) is 0 Å². The van der Waals surface area contributed by atoms with Crippen molar-refractivity contribution >= 4 is 33.8 Å². The van der Waals surface area contributed by atoms with Gasteiger partial charge in [0, 0.05) is 23.7 Å². The van der Waals surface area contributed by atoms with Crippen molar-refractivity contribution in [1.82, 2.24) is 24.9 Å². The van der Waals surface area contributed by atoms with Crippen LogP contribution in [0.1, 0.15) is 32.0 Å². The monoisotopic (exact) mass is 477 g/mol. The van der Waals surface area contributed by atoms with Crippen molar-refractivity contribution in [3.63, 3.8) is 0 Å². The van der Waals surface area contributed by atoms with E-state index in [9.17, 15) is 0 Å². The zero-order chi connectivity index (χ0) is 23.8. The van der Waals surface area contributed by atoms with Crippen molar-refractivity contribution in [2.45, 2.75) is 26.2 Å². The number of hydrogen-bond donors (Lipinski definition) is 2. The number of imidazole rings is 1. The number of pyridine rings is 3. The Bertz CT molecular complexity index is 1680. The number of anilines is 1. The minimum atomic E-state index is 0.698. The van der Waals surface area contributed by atoms with Gasteiger partial charge in [-0.2, -0.15) is 0 Å². The molecular weight excluding hydrogens is 454 g/mol. The van der Waals surface area contributed by atoms with Gasteiger partial charge in [-0.05, 0) is 48.6 Å². The lowest BCUT2D eigenvalue weighted by Crippen LogP contribution is -2.38. The van der Waals surface area contributed by atoms with E-state index >= 15 is 0 Å². The molecule has 35 heavy (non-hydrogen) atoms. The Balaban J connectivity index is 1.35. The summed E-state index contributed by atoms with van der Waals surface area (Å²) < 4.78 is 0. The van der Waals surface area contributed by atoms with E-state index in [1.54, 1.807) is 17.5 Å². The van der Waals surface area contributed by atoms with Gasteiger partial charge < -0.3 is 10.3 Å². The fourth-order valence-electron chi connectivity index (χ4n) is 4.11. The molecule has 1 aliphatic rings. The molecule has 0 unspecified atom stereocenters. The van der Waals surface area contributed by atoms with Crippen LogP contribution in [0.15, 0.2) is 77.6 Å². The summed E-state index contributed by atoms with van der Waals surface area (Å²) in [4.78, 5) is 27.9. The quantitative estimate of drug-likeness (QED) is 0.326. The lowest BCUT2D eigenvalue weighted by Gasteiger charge is -2.11. The van der Waals surface area contributed by atoms with E-state index in [1.807, 2.05) is 42.0 Å². The summed E-state index contributed by atoms with van der Waals surface area (Å²) in [6.07, 6.45) is 8.63. The average Bonchev–Trinajstić information content (AvgIpc) is 3.54. The molecule has 0 atom stereocenters. The molecule has 0 spiro atoms. The number of fused-ring (bicyclic) bond motifs is 2. The molecule has 0 radical (unpaired) electrons. The number of nitrogens with one attached hydrogen (secondary N) is 2. The Labute approximate surface area is 206 Å². The van der Waals surface area contributed by atoms with Crippen LogP contribution in [0.3, 0.4) is 0 Å². The van der Waals surface area contributed by atoms with Crippen LogP contribution >= 0.6 is 11.3 Å². The number of rotatable bonds is 8. The molecule has 6 rings (SSSR count). The molecule has 0 aromatic carbocycles. The van der Waals surface area contributed by atoms with E-state index < -0.39 is 0 Å². The van der Waals surface area contributed by atoms with Crippen molar-refractivity contribution in [2.75, 3.05) is 5.32 Å². The highest BCUT2D eigenvalue weighted by molar-refractivity contribution is 7.13. The fraction of sp³-hybridized carbons (Fsp3) is 0.148. The van der Waals surface area contributed by atoms with Gasteiger partial charge in [0.2, 0.25) is 0 Å². The van der Waals surface area contributed by atoms with Gasteiger partial charge in [-0.3, -0.25) is 9.97 Å². The van der Waals surface area contributed by atoms with Gasteiger partial charge in [-0.15, -0.1) is 11.3 Å². The summed E-state index contributed by atoms with van der Waals surface area (Å²) >= 11 is 1.65. The van der Waals surface area contributed by atoms with E-state index in [0.717, 1.165) is 79.9 Å². The van der Waals surface area contributed by atoms with Gasteiger partial charge in [0.05, 0.1) is 33.3 Å². The smallest absolute Gasteiger partial charge is 0.159 e.